The fourth-order valence-corrected chi connectivity index (χ4v) is 3.10. The number of carbonyl (C=O) groups excluding carboxylic acids is 2. The Balaban J connectivity index is 1.49. The molecule has 3 aromatic rings. The van der Waals surface area contributed by atoms with Crippen molar-refractivity contribution in [2.45, 2.75) is 0 Å². The fourth-order valence-electron chi connectivity index (χ4n) is 2.50. The van der Waals surface area contributed by atoms with Gasteiger partial charge in [0.2, 0.25) is 0 Å². The number of nitro benzene ring substituents is 1. The maximum atomic E-state index is 12.2. The summed E-state index contributed by atoms with van der Waals surface area (Å²) in [6.45, 7) is -0.435. The number of nitrogens with one attached hydrogen (secondary N) is 1. The molecule has 32 heavy (non-hydrogen) atoms. The van der Waals surface area contributed by atoms with Crippen LogP contribution in [0.25, 0.3) is 0 Å². The molecule has 3 aromatic carbocycles. The lowest BCUT2D eigenvalue weighted by atomic mass is 10.2. The molecule has 0 heterocycles. The molecule has 0 unspecified atom stereocenters. The van der Waals surface area contributed by atoms with E-state index in [-0.39, 0.29) is 11.4 Å². The summed E-state index contributed by atoms with van der Waals surface area (Å²) in [5.74, 6) is -0.676. The molecule has 0 aliphatic carbocycles. The van der Waals surface area contributed by atoms with Crippen LogP contribution in [0.1, 0.15) is 15.9 Å². The number of para-hydroxylation sites is 2. The molecule has 0 saturated heterocycles. The number of hydrazone groups is 1. The molecule has 162 valence electrons. The first-order chi connectivity index (χ1) is 15.4. The minimum absolute atomic E-state index is 0.00745. The molecular weight excluding hydrogens is 529 g/mol. The van der Waals surface area contributed by atoms with Crippen molar-refractivity contribution >= 4 is 46.4 Å². The average Bonchev–Trinajstić information content (AvgIpc) is 2.79. The van der Waals surface area contributed by atoms with Crippen LogP contribution in [0.2, 0.25) is 0 Å². The molecule has 0 aliphatic rings. The van der Waals surface area contributed by atoms with Crippen molar-refractivity contribution < 1.29 is 24.0 Å². The van der Waals surface area contributed by atoms with Crippen molar-refractivity contribution in [2.75, 3.05) is 6.61 Å². The van der Waals surface area contributed by atoms with Crippen LogP contribution in [0.3, 0.4) is 0 Å². The van der Waals surface area contributed by atoms with Gasteiger partial charge in [-0.25, -0.2) is 10.2 Å². The highest BCUT2D eigenvalue weighted by Gasteiger charge is 2.15. The Morgan fingerprint density at radius 3 is 2.44 bits per heavy atom. The lowest BCUT2D eigenvalue weighted by Gasteiger charge is -2.06. The summed E-state index contributed by atoms with van der Waals surface area (Å²) in [6.07, 6.45) is 1.40. The summed E-state index contributed by atoms with van der Waals surface area (Å²) in [5, 5.41) is 14.8. The van der Waals surface area contributed by atoms with Crippen molar-refractivity contribution in [1.29, 1.82) is 0 Å². The van der Waals surface area contributed by atoms with Gasteiger partial charge in [-0.2, -0.15) is 5.10 Å². The second-order valence-electron chi connectivity index (χ2n) is 6.25. The number of hydrogen-bond donors (Lipinski definition) is 1. The first-order valence-electron chi connectivity index (χ1n) is 9.19. The second kappa shape index (κ2) is 11.0. The summed E-state index contributed by atoms with van der Waals surface area (Å²) in [7, 11) is 0. The number of rotatable bonds is 8. The first-order valence-corrected chi connectivity index (χ1v) is 10.3. The van der Waals surface area contributed by atoms with Crippen molar-refractivity contribution in [3.8, 4) is 11.5 Å². The Kier molecular flexibility index (Phi) is 7.86. The molecule has 10 heteroatoms. The molecule has 9 nitrogen and oxygen atoms in total. The van der Waals surface area contributed by atoms with E-state index in [1.807, 2.05) is 12.1 Å². The number of nitrogens with zero attached hydrogens (tertiary/aromatic N) is 2. The van der Waals surface area contributed by atoms with E-state index in [0.717, 1.165) is 3.57 Å². The molecule has 0 radical (unpaired) electrons. The molecule has 3 rings (SSSR count). The van der Waals surface area contributed by atoms with Crippen LogP contribution < -0.4 is 14.9 Å². The molecular formula is C22H16IN3O6. The third-order valence-corrected chi connectivity index (χ3v) is 4.95. The van der Waals surface area contributed by atoms with Gasteiger partial charge in [0.1, 0.15) is 5.75 Å². The number of halogens is 1. The predicted octanol–water partition coefficient (Wildman–Crippen LogP) is 3.95. The predicted molar refractivity (Wildman–Crippen MR) is 125 cm³/mol. The molecule has 0 fully saturated rings. The van der Waals surface area contributed by atoms with E-state index in [1.54, 1.807) is 42.5 Å². The highest BCUT2D eigenvalue weighted by molar-refractivity contribution is 14.1. The van der Waals surface area contributed by atoms with Crippen molar-refractivity contribution in [3.05, 3.63) is 97.6 Å². The number of hydrogen-bond acceptors (Lipinski definition) is 7. The van der Waals surface area contributed by atoms with Gasteiger partial charge in [0.15, 0.2) is 12.4 Å². The first kappa shape index (κ1) is 22.9. The molecule has 0 bridgehead atoms. The van der Waals surface area contributed by atoms with Crippen LogP contribution in [-0.2, 0) is 4.79 Å². The van der Waals surface area contributed by atoms with E-state index in [1.165, 1.54) is 24.4 Å². The van der Waals surface area contributed by atoms with Gasteiger partial charge in [0, 0.05) is 9.64 Å². The topological polar surface area (TPSA) is 120 Å². The Labute approximate surface area is 196 Å². The molecule has 1 amide bonds. The minimum atomic E-state index is -0.590. The van der Waals surface area contributed by atoms with Crippen molar-refractivity contribution in [1.82, 2.24) is 5.43 Å². The van der Waals surface area contributed by atoms with Gasteiger partial charge in [-0.15, -0.1) is 0 Å². The summed E-state index contributed by atoms with van der Waals surface area (Å²) < 4.78 is 11.3. The van der Waals surface area contributed by atoms with Crippen LogP contribution in [0.4, 0.5) is 5.69 Å². The number of esters is 1. The Bertz CT molecular complexity index is 1160. The monoisotopic (exact) mass is 545 g/mol. The van der Waals surface area contributed by atoms with Crippen LogP contribution in [0.15, 0.2) is 77.9 Å². The number of ether oxygens (including phenoxy) is 2. The van der Waals surface area contributed by atoms with E-state index in [2.05, 4.69) is 33.1 Å². The Morgan fingerprint density at radius 2 is 1.72 bits per heavy atom. The van der Waals surface area contributed by atoms with Crippen LogP contribution in [-0.4, -0.2) is 29.6 Å². The summed E-state index contributed by atoms with van der Waals surface area (Å²) >= 11 is 2.07. The van der Waals surface area contributed by atoms with Gasteiger partial charge < -0.3 is 9.47 Å². The zero-order valence-corrected chi connectivity index (χ0v) is 18.6. The number of carbonyl (C=O) groups is 2. The maximum Gasteiger partial charge on any atom is 0.344 e. The van der Waals surface area contributed by atoms with Gasteiger partial charge in [-0.1, -0.05) is 24.3 Å². The van der Waals surface area contributed by atoms with Gasteiger partial charge in [-0.3, -0.25) is 14.9 Å². The average molecular weight is 545 g/mol. The summed E-state index contributed by atoms with van der Waals surface area (Å²) in [6, 6.07) is 19.4. The summed E-state index contributed by atoms with van der Waals surface area (Å²) in [5.41, 5.74) is 3.17. The van der Waals surface area contributed by atoms with Crippen molar-refractivity contribution in [2.24, 2.45) is 5.10 Å². The number of amides is 1. The van der Waals surface area contributed by atoms with E-state index in [9.17, 15) is 19.7 Å². The van der Waals surface area contributed by atoms with Crippen molar-refractivity contribution in [3.63, 3.8) is 0 Å². The van der Waals surface area contributed by atoms with Gasteiger partial charge in [0.25, 0.3) is 5.91 Å². The largest absolute Gasteiger partial charge is 0.477 e. The SMILES string of the molecule is O=C(COc1ccccc1[N+](=O)[O-])NN=Cc1ccc(OC(=O)c2ccccc2I)cc1. The number of benzene rings is 3. The quantitative estimate of drug-likeness (QED) is 0.114. The maximum absolute atomic E-state index is 12.2. The molecule has 1 N–H and O–H groups in total. The molecule has 0 aromatic heterocycles. The van der Waals surface area contributed by atoms with E-state index in [0.29, 0.717) is 16.9 Å². The Morgan fingerprint density at radius 1 is 1.03 bits per heavy atom. The van der Waals surface area contributed by atoms with Gasteiger partial charge in [-0.05, 0) is 70.6 Å². The lowest BCUT2D eigenvalue weighted by Crippen LogP contribution is -2.24. The second-order valence-corrected chi connectivity index (χ2v) is 7.41. The molecule has 0 aliphatic heterocycles. The van der Waals surface area contributed by atoms with Gasteiger partial charge >= 0.3 is 11.7 Å². The lowest BCUT2D eigenvalue weighted by molar-refractivity contribution is -0.385. The molecule has 0 spiro atoms. The van der Waals surface area contributed by atoms with E-state index < -0.39 is 23.4 Å². The highest BCUT2D eigenvalue weighted by Crippen LogP contribution is 2.25. The van der Waals surface area contributed by atoms with Crippen LogP contribution >= 0.6 is 22.6 Å². The smallest absolute Gasteiger partial charge is 0.344 e. The third-order valence-electron chi connectivity index (χ3n) is 4.01. The Hall–Kier alpha value is -3.80. The zero-order chi connectivity index (χ0) is 22.9. The molecule has 0 atom stereocenters. The highest BCUT2D eigenvalue weighted by atomic mass is 127. The van der Waals surface area contributed by atoms with Crippen LogP contribution in [0.5, 0.6) is 11.5 Å². The zero-order valence-electron chi connectivity index (χ0n) is 16.4. The third kappa shape index (κ3) is 6.35. The number of nitro groups is 1. The molecule has 0 saturated carbocycles. The van der Waals surface area contributed by atoms with E-state index in [4.69, 9.17) is 9.47 Å². The van der Waals surface area contributed by atoms with Crippen LogP contribution in [0, 0.1) is 13.7 Å². The normalized spacial score (nSPS) is 10.5. The summed E-state index contributed by atoms with van der Waals surface area (Å²) in [4.78, 5) is 34.4. The minimum Gasteiger partial charge on any atom is -0.477 e. The standard InChI is InChI=1S/C22H16IN3O6/c23-18-6-2-1-5-17(18)22(28)32-16-11-9-15(10-12-16)13-24-25-21(27)14-31-20-8-4-3-7-19(20)26(29)30/h1-13H,14H2,(H,25,27). The van der Waals surface area contributed by atoms with E-state index >= 15 is 0 Å². The fraction of sp³-hybridized carbons (Fsp3) is 0.0455. The van der Waals surface area contributed by atoms with Gasteiger partial charge in [0.05, 0.1) is 16.7 Å².